The van der Waals surface area contributed by atoms with Gasteiger partial charge >= 0.3 is 0 Å². The molecule has 5 heteroatoms. The second-order valence-electron chi connectivity index (χ2n) is 3.09. The first-order chi connectivity index (χ1) is 7.22. The van der Waals surface area contributed by atoms with Gasteiger partial charge in [0.25, 0.3) is 0 Å². The smallest absolute Gasteiger partial charge is 0.155 e. The van der Waals surface area contributed by atoms with Crippen LogP contribution in [-0.2, 0) is 0 Å². The highest BCUT2D eigenvalue weighted by molar-refractivity contribution is 5.80. The second-order valence-corrected chi connectivity index (χ2v) is 3.09. The Balaban J connectivity index is 2.62. The molecule has 0 fully saturated rings. The van der Waals surface area contributed by atoms with Crippen molar-refractivity contribution >= 4 is 6.29 Å². The normalized spacial score (nSPS) is 10.3. The average Bonchev–Trinajstić information content (AvgIpc) is 2.64. The van der Waals surface area contributed by atoms with E-state index in [0.29, 0.717) is 12.0 Å². The first kappa shape index (κ1) is 9.51. The van der Waals surface area contributed by atoms with Crippen molar-refractivity contribution in [2.75, 3.05) is 0 Å². The number of carbonyl (C=O) groups excluding carboxylic acids is 1. The molecule has 0 unspecified atom stereocenters. The number of rotatable bonds is 2. The highest BCUT2D eigenvalue weighted by Crippen LogP contribution is 2.14. The van der Waals surface area contributed by atoms with Crippen LogP contribution in [0.25, 0.3) is 5.69 Å². The van der Waals surface area contributed by atoms with Crippen LogP contribution in [0.15, 0.2) is 24.9 Å². The van der Waals surface area contributed by atoms with E-state index in [-0.39, 0.29) is 5.56 Å². The summed E-state index contributed by atoms with van der Waals surface area (Å²) in [6.07, 6.45) is 6.12. The molecule has 0 aromatic carbocycles. The van der Waals surface area contributed by atoms with Crippen molar-refractivity contribution in [1.29, 1.82) is 0 Å². The molecule has 0 aliphatic heterocycles. The maximum Gasteiger partial charge on any atom is 0.155 e. The number of pyridine rings is 1. The summed E-state index contributed by atoms with van der Waals surface area (Å²) < 4.78 is 14.8. The van der Waals surface area contributed by atoms with E-state index in [0.717, 1.165) is 11.9 Å². The molecule has 0 aliphatic carbocycles. The Morgan fingerprint density at radius 1 is 1.47 bits per heavy atom. The van der Waals surface area contributed by atoms with Crippen LogP contribution >= 0.6 is 0 Å². The van der Waals surface area contributed by atoms with Crippen LogP contribution in [0.3, 0.4) is 0 Å². The van der Waals surface area contributed by atoms with Gasteiger partial charge in [-0.3, -0.25) is 9.78 Å². The second kappa shape index (κ2) is 3.61. The molecule has 4 nitrogen and oxygen atoms in total. The molecule has 0 N–H and O–H groups in total. The fourth-order valence-corrected chi connectivity index (χ4v) is 1.31. The maximum atomic E-state index is 13.2. The minimum atomic E-state index is -0.631. The van der Waals surface area contributed by atoms with Crippen molar-refractivity contribution in [3.8, 4) is 5.69 Å². The summed E-state index contributed by atoms with van der Waals surface area (Å²) in [5.41, 5.74) is 1.17. The number of aldehydes is 1. The summed E-state index contributed by atoms with van der Waals surface area (Å²) >= 11 is 0. The Kier molecular flexibility index (Phi) is 2.29. The van der Waals surface area contributed by atoms with Gasteiger partial charge in [0.05, 0.1) is 35.7 Å². The molecule has 0 saturated carbocycles. The number of hydrogen-bond acceptors (Lipinski definition) is 3. The molecule has 2 rings (SSSR count). The van der Waals surface area contributed by atoms with Crippen LogP contribution in [0.2, 0.25) is 0 Å². The monoisotopic (exact) mass is 205 g/mol. The van der Waals surface area contributed by atoms with Crippen LogP contribution in [0.1, 0.15) is 16.1 Å². The third-order valence-corrected chi connectivity index (χ3v) is 2.03. The van der Waals surface area contributed by atoms with Gasteiger partial charge < -0.3 is 4.57 Å². The zero-order chi connectivity index (χ0) is 10.8. The third kappa shape index (κ3) is 1.63. The lowest BCUT2D eigenvalue weighted by molar-refractivity contribution is 0.111. The van der Waals surface area contributed by atoms with E-state index in [4.69, 9.17) is 0 Å². The molecule has 2 aromatic heterocycles. The van der Waals surface area contributed by atoms with Crippen molar-refractivity contribution in [1.82, 2.24) is 14.5 Å². The molecule has 0 amide bonds. The number of aryl methyl sites for hydroxylation is 1. The van der Waals surface area contributed by atoms with Gasteiger partial charge in [0.2, 0.25) is 0 Å². The summed E-state index contributed by atoms with van der Waals surface area (Å²) in [6.45, 7) is 1.81. The number of nitrogens with zero attached hydrogens (tertiary/aromatic N) is 3. The van der Waals surface area contributed by atoms with Gasteiger partial charge in [0.1, 0.15) is 0 Å². The number of imidazole rings is 1. The number of hydrogen-bond donors (Lipinski definition) is 0. The summed E-state index contributed by atoms with van der Waals surface area (Å²) in [5.74, 6) is -0.631. The predicted octanol–water partition coefficient (Wildman–Crippen LogP) is 1.53. The molecule has 76 valence electrons. The molecular weight excluding hydrogens is 197 g/mol. The zero-order valence-electron chi connectivity index (χ0n) is 8.01. The van der Waals surface area contributed by atoms with Gasteiger partial charge in [0.15, 0.2) is 12.1 Å². The topological polar surface area (TPSA) is 47.8 Å². The van der Waals surface area contributed by atoms with Gasteiger partial charge in [-0.2, -0.15) is 0 Å². The first-order valence-corrected chi connectivity index (χ1v) is 4.32. The van der Waals surface area contributed by atoms with E-state index in [1.54, 1.807) is 10.8 Å². The molecule has 0 aliphatic rings. The largest absolute Gasteiger partial charge is 0.304 e. The highest BCUT2D eigenvalue weighted by Gasteiger charge is 2.09. The van der Waals surface area contributed by atoms with Crippen LogP contribution in [0.5, 0.6) is 0 Å². The first-order valence-electron chi connectivity index (χ1n) is 4.32. The molecule has 2 heterocycles. The highest BCUT2D eigenvalue weighted by atomic mass is 19.1. The van der Waals surface area contributed by atoms with Crippen LogP contribution in [-0.4, -0.2) is 20.8 Å². The lowest BCUT2D eigenvalue weighted by Crippen LogP contribution is -2.00. The van der Waals surface area contributed by atoms with Gasteiger partial charge in [-0.25, -0.2) is 9.37 Å². The van der Waals surface area contributed by atoms with Crippen molar-refractivity contribution < 1.29 is 9.18 Å². The Morgan fingerprint density at radius 2 is 2.27 bits per heavy atom. The molecule has 0 radical (unpaired) electrons. The lowest BCUT2D eigenvalue weighted by atomic mass is 10.2. The summed E-state index contributed by atoms with van der Waals surface area (Å²) in [6, 6.07) is 0. The quantitative estimate of drug-likeness (QED) is 0.698. The van der Waals surface area contributed by atoms with Gasteiger partial charge in [-0.15, -0.1) is 0 Å². The summed E-state index contributed by atoms with van der Waals surface area (Å²) in [7, 11) is 0. The molecule has 2 aromatic rings. The summed E-state index contributed by atoms with van der Waals surface area (Å²) in [5, 5.41) is 0. The standard InChI is InChI=1S/C10H8FN3O/c1-7-4-14(6-13-7)10-3-12-2-9(11)8(10)5-15/h2-6H,1H3. The minimum absolute atomic E-state index is 0.0117. The average molecular weight is 205 g/mol. The fraction of sp³-hybridized carbons (Fsp3) is 0.100. The Hall–Kier alpha value is -2.04. The fourth-order valence-electron chi connectivity index (χ4n) is 1.31. The zero-order valence-corrected chi connectivity index (χ0v) is 8.01. The van der Waals surface area contributed by atoms with Crippen molar-refractivity contribution in [2.45, 2.75) is 6.92 Å². The number of halogens is 1. The van der Waals surface area contributed by atoms with E-state index in [1.165, 1.54) is 12.5 Å². The predicted molar refractivity (Wildman–Crippen MR) is 51.4 cm³/mol. The molecular formula is C10H8FN3O. The molecule has 0 saturated heterocycles. The van der Waals surface area contributed by atoms with Gasteiger partial charge in [-0.1, -0.05) is 0 Å². The molecule has 0 bridgehead atoms. The van der Waals surface area contributed by atoms with Crippen LogP contribution < -0.4 is 0 Å². The van der Waals surface area contributed by atoms with E-state index < -0.39 is 5.82 Å². The van der Waals surface area contributed by atoms with E-state index in [1.807, 2.05) is 6.92 Å². The Labute approximate surface area is 85.4 Å². The molecule has 15 heavy (non-hydrogen) atoms. The lowest BCUT2D eigenvalue weighted by Gasteiger charge is -2.04. The number of aromatic nitrogens is 3. The Morgan fingerprint density at radius 3 is 2.87 bits per heavy atom. The van der Waals surface area contributed by atoms with Gasteiger partial charge in [0, 0.05) is 6.20 Å². The van der Waals surface area contributed by atoms with Crippen LogP contribution in [0, 0.1) is 12.7 Å². The molecule has 0 atom stereocenters. The number of carbonyl (C=O) groups is 1. The van der Waals surface area contributed by atoms with E-state index in [9.17, 15) is 9.18 Å². The van der Waals surface area contributed by atoms with Crippen LogP contribution in [0.4, 0.5) is 4.39 Å². The van der Waals surface area contributed by atoms with Gasteiger partial charge in [-0.05, 0) is 6.92 Å². The van der Waals surface area contributed by atoms with Crippen molar-refractivity contribution in [2.24, 2.45) is 0 Å². The van der Waals surface area contributed by atoms with E-state index >= 15 is 0 Å². The van der Waals surface area contributed by atoms with E-state index in [2.05, 4.69) is 9.97 Å². The SMILES string of the molecule is Cc1cn(-c2cncc(F)c2C=O)cn1. The molecule has 0 spiro atoms. The Bertz CT molecular complexity index is 507. The van der Waals surface area contributed by atoms with Crippen molar-refractivity contribution in [3.05, 3.63) is 42.0 Å². The third-order valence-electron chi connectivity index (χ3n) is 2.03. The summed E-state index contributed by atoms with van der Waals surface area (Å²) in [4.78, 5) is 18.4. The van der Waals surface area contributed by atoms with Crippen molar-refractivity contribution in [3.63, 3.8) is 0 Å². The maximum absolute atomic E-state index is 13.2. The minimum Gasteiger partial charge on any atom is -0.304 e.